The fourth-order valence-corrected chi connectivity index (χ4v) is 1.45. The molecule has 1 rings (SSSR count). The molecule has 0 spiro atoms. The molecule has 0 bridgehead atoms. The number of hydrogen-bond donors (Lipinski definition) is 0. The third-order valence-corrected chi connectivity index (χ3v) is 2.67. The van der Waals surface area contributed by atoms with Gasteiger partial charge in [-0.05, 0) is 29.3 Å². The topological polar surface area (TPSA) is 35.5 Å². The summed E-state index contributed by atoms with van der Waals surface area (Å²) in [5.41, 5.74) is 0.773. The molecule has 0 radical (unpaired) electrons. The summed E-state index contributed by atoms with van der Waals surface area (Å²) in [7, 11) is 1.52. The first-order chi connectivity index (χ1) is 8.10. The number of hydrogen-bond acceptors (Lipinski definition) is 3. The predicted molar refractivity (Wildman–Crippen MR) is 66.6 cm³/mol. The second-order valence-corrected chi connectivity index (χ2v) is 3.80. The van der Waals surface area contributed by atoms with Crippen LogP contribution >= 0.6 is 11.6 Å². The summed E-state index contributed by atoms with van der Waals surface area (Å²) in [6.45, 7) is 1.89. The van der Waals surface area contributed by atoms with Gasteiger partial charge in [0, 0.05) is 0 Å². The minimum Gasteiger partial charge on any atom is -0.493 e. The number of ether oxygens (including phenoxy) is 2. The lowest BCUT2D eigenvalue weighted by Crippen LogP contribution is -2.03. The van der Waals surface area contributed by atoms with Gasteiger partial charge >= 0.3 is 0 Å². The average Bonchev–Trinajstić information content (AvgIpc) is 2.35. The van der Waals surface area contributed by atoms with E-state index in [9.17, 15) is 4.79 Å². The molecule has 0 amide bonds. The Labute approximate surface area is 106 Å². The van der Waals surface area contributed by atoms with Crippen molar-refractivity contribution in [3.8, 4) is 23.8 Å². The van der Waals surface area contributed by atoms with Crippen LogP contribution in [0.1, 0.15) is 18.4 Å². The van der Waals surface area contributed by atoms with Crippen LogP contribution in [0.15, 0.2) is 18.2 Å². The highest BCUT2D eigenvalue weighted by molar-refractivity contribution is 6.64. The van der Waals surface area contributed by atoms with Gasteiger partial charge in [-0.2, -0.15) is 0 Å². The molecule has 3 nitrogen and oxygen atoms in total. The zero-order valence-electron chi connectivity index (χ0n) is 9.70. The number of rotatable bonds is 5. The standard InChI is InChI=1S/C13H13ClO3/c1-4-7-17-11-6-5-10(8-12(11)16-3)9(2)13(14)15/h1,5-6,8-9H,7H2,2-3H3. The van der Waals surface area contributed by atoms with Crippen molar-refractivity contribution in [2.24, 2.45) is 0 Å². The maximum atomic E-state index is 11.1. The van der Waals surface area contributed by atoms with E-state index in [1.54, 1.807) is 25.1 Å². The molecule has 4 heteroatoms. The molecule has 0 N–H and O–H groups in total. The highest BCUT2D eigenvalue weighted by atomic mass is 35.5. The zero-order chi connectivity index (χ0) is 12.8. The monoisotopic (exact) mass is 252 g/mol. The van der Waals surface area contributed by atoms with Crippen LogP contribution in [0, 0.1) is 12.3 Å². The van der Waals surface area contributed by atoms with E-state index in [2.05, 4.69) is 5.92 Å². The van der Waals surface area contributed by atoms with Crippen LogP contribution in [0.3, 0.4) is 0 Å². The van der Waals surface area contributed by atoms with Crippen LogP contribution in [-0.4, -0.2) is 19.0 Å². The van der Waals surface area contributed by atoms with E-state index in [4.69, 9.17) is 27.5 Å². The highest BCUT2D eigenvalue weighted by Crippen LogP contribution is 2.31. The van der Waals surface area contributed by atoms with Gasteiger partial charge in [0.1, 0.15) is 6.61 Å². The number of methoxy groups -OCH3 is 1. The van der Waals surface area contributed by atoms with Gasteiger partial charge < -0.3 is 9.47 Å². The van der Waals surface area contributed by atoms with Crippen LogP contribution in [0.5, 0.6) is 11.5 Å². The third-order valence-electron chi connectivity index (χ3n) is 2.34. The molecular formula is C13H13ClO3. The normalized spacial score (nSPS) is 11.4. The Morgan fingerprint density at radius 3 is 2.76 bits per heavy atom. The van der Waals surface area contributed by atoms with E-state index in [1.807, 2.05) is 0 Å². The van der Waals surface area contributed by atoms with Crippen molar-refractivity contribution < 1.29 is 14.3 Å². The molecule has 17 heavy (non-hydrogen) atoms. The first-order valence-corrected chi connectivity index (χ1v) is 5.41. The zero-order valence-corrected chi connectivity index (χ0v) is 10.5. The van der Waals surface area contributed by atoms with Gasteiger partial charge in [-0.1, -0.05) is 18.9 Å². The second kappa shape index (κ2) is 6.17. The number of terminal acetylenes is 1. The predicted octanol–water partition coefficient (Wildman–Crippen LogP) is 2.58. The second-order valence-electron chi connectivity index (χ2n) is 3.43. The van der Waals surface area contributed by atoms with E-state index in [0.29, 0.717) is 11.5 Å². The lowest BCUT2D eigenvalue weighted by atomic mass is 10.0. The molecule has 90 valence electrons. The Hall–Kier alpha value is -1.66. The molecule has 0 heterocycles. The highest BCUT2D eigenvalue weighted by Gasteiger charge is 2.15. The maximum absolute atomic E-state index is 11.1. The summed E-state index contributed by atoms with van der Waals surface area (Å²) < 4.78 is 10.5. The molecule has 0 saturated carbocycles. The summed E-state index contributed by atoms with van der Waals surface area (Å²) >= 11 is 5.44. The lowest BCUT2D eigenvalue weighted by Gasteiger charge is -2.12. The van der Waals surface area contributed by atoms with Gasteiger partial charge in [-0.15, -0.1) is 6.42 Å². The van der Waals surface area contributed by atoms with Gasteiger partial charge in [0.25, 0.3) is 0 Å². The van der Waals surface area contributed by atoms with E-state index in [1.165, 1.54) is 7.11 Å². The Kier molecular flexibility index (Phi) is 4.86. The van der Waals surface area contributed by atoms with Gasteiger partial charge in [0.15, 0.2) is 11.5 Å². The van der Waals surface area contributed by atoms with Crippen molar-refractivity contribution in [3.05, 3.63) is 23.8 Å². The number of halogens is 1. The quantitative estimate of drug-likeness (QED) is 0.597. The molecule has 0 fully saturated rings. The number of benzene rings is 1. The van der Waals surface area contributed by atoms with Crippen molar-refractivity contribution in [1.82, 2.24) is 0 Å². The van der Waals surface area contributed by atoms with Crippen molar-refractivity contribution in [2.45, 2.75) is 12.8 Å². The van der Waals surface area contributed by atoms with Crippen molar-refractivity contribution in [2.75, 3.05) is 13.7 Å². The third kappa shape index (κ3) is 3.40. The van der Waals surface area contributed by atoms with Gasteiger partial charge in [-0.3, -0.25) is 4.79 Å². The average molecular weight is 253 g/mol. The molecule has 0 aliphatic rings. The molecular weight excluding hydrogens is 240 g/mol. The molecule has 1 aromatic rings. The van der Waals surface area contributed by atoms with Crippen LogP contribution in [0.2, 0.25) is 0 Å². The summed E-state index contributed by atoms with van der Waals surface area (Å²) in [5.74, 6) is 3.06. The Morgan fingerprint density at radius 2 is 2.24 bits per heavy atom. The van der Waals surface area contributed by atoms with Gasteiger partial charge in [0.2, 0.25) is 5.24 Å². The SMILES string of the molecule is C#CCOc1ccc(C(C)C(=O)Cl)cc1OC. The summed E-state index contributed by atoms with van der Waals surface area (Å²) in [6, 6.07) is 5.19. The molecule has 0 aliphatic heterocycles. The first kappa shape index (κ1) is 13.4. The minimum atomic E-state index is -0.413. The fraction of sp³-hybridized carbons (Fsp3) is 0.308. The van der Waals surface area contributed by atoms with Crippen LogP contribution < -0.4 is 9.47 Å². The maximum Gasteiger partial charge on any atom is 0.228 e. The Morgan fingerprint density at radius 1 is 1.53 bits per heavy atom. The number of carbonyl (C=O) groups excluding carboxylic acids is 1. The molecule has 1 unspecified atom stereocenters. The first-order valence-electron chi connectivity index (χ1n) is 5.03. The Bertz CT molecular complexity index is 448. The molecule has 0 aromatic heterocycles. The molecule has 1 atom stereocenters. The number of carbonyl (C=O) groups is 1. The van der Waals surface area contributed by atoms with Gasteiger partial charge in [0.05, 0.1) is 13.0 Å². The van der Waals surface area contributed by atoms with Crippen LogP contribution in [0.4, 0.5) is 0 Å². The van der Waals surface area contributed by atoms with Crippen molar-refractivity contribution in [1.29, 1.82) is 0 Å². The smallest absolute Gasteiger partial charge is 0.228 e. The van der Waals surface area contributed by atoms with E-state index < -0.39 is 5.24 Å². The van der Waals surface area contributed by atoms with Crippen molar-refractivity contribution in [3.63, 3.8) is 0 Å². The van der Waals surface area contributed by atoms with Crippen LogP contribution in [0.25, 0.3) is 0 Å². The molecule has 0 aliphatic carbocycles. The summed E-state index contributed by atoms with van der Waals surface area (Å²) in [4.78, 5) is 11.1. The minimum absolute atomic E-state index is 0.166. The van der Waals surface area contributed by atoms with Crippen molar-refractivity contribution >= 4 is 16.8 Å². The fourth-order valence-electron chi connectivity index (χ4n) is 1.32. The van der Waals surface area contributed by atoms with Crippen LogP contribution in [-0.2, 0) is 4.79 Å². The summed E-state index contributed by atoms with van der Waals surface area (Å²) in [6.07, 6.45) is 5.11. The van der Waals surface area contributed by atoms with E-state index in [-0.39, 0.29) is 12.5 Å². The Balaban J connectivity index is 3.00. The summed E-state index contributed by atoms with van der Waals surface area (Å²) in [5, 5.41) is -0.413. The van der Waals surface area contributed by atoms with Gasteiger partial charge in [-0.25, -0.2) is 0 Å². The van der Waals surface area contributed by atoms with E-state index in [0.717, 1.165) is 5.56 Å². The largest absolute Gasteiger partial charge is 0.493 e. The molecule has 0 saturated heterocycles. The lowest BCUT2D eigenvalue weighted by molar-refractivity contribution is -0.112. The molecule has 1 aromatic carbocycles. The van der Waals surface area contributed by atoms with E-state index >= 15 is 0 Å².